The molecule has 0 aromatic heterocycles. The molecule has 1 heteroatoms. The van der Waals surface area contributed by atoms with Gasteiger partial charge < -0.3 is 0 Å². The molecule has 0 heterocycles. The monoisotopic (exact) mass is 176 g/mol. The van der Waals surface area contributed by atoms with Crippen LogP contribution in [0.4, 0.5) is 0 Å². The summed E-state index contributed by atoms with van der Waals surface area (Å²) in [5, 5.41) is 0. The predicted molar refractivity (Wildman–Crippen MR) is 55.2 cm³/mol. The summed E-state index contributed by atoms with van der Waals surface area (Å²) in [5.74, 6) is 0.597. The Balaban J connectivity index is 2.92. The molecule has 1 nitrogen and oxygen atoms in total. The van der Waals surface area contributed by atoms with Crippen molar-refractivity contribution < 1.29 is 4.79 Å². The van der Waals surface area contributed by atoms with Gasteiger partial charge >= 0.3 is 0 Å². The fourth-order valence-corrected chi connectivity index (χ4v) is 1.65. The first-order valence-corrected chi connectivity index (χ1v) is 4.87. The maximum absolute atomic E-state index is 10.6. The molecule has 0 saturated carbocycles. The van der Waals surface area contributed by atoms with Gasteiger partial charge in [0.05, 0.1) is 0 Å². The second-order valence-electron chi connectivity index (χ2n) is 3.30. The van der Waals surface area contributed by atoms with Gasteiger partial charge in [0.1, 0.15) is 6.29 Å². The van der Waals surface area contributed by atoms with Crippen LogP contribution in [0.15, 0.2) is 24.3 Å². The smallest absolute Gasteiger partial charge is 0.150 e. The van der Waals surface area contributed by atoms with Gasteiger partial charge in [-0.1, -0.05) is 32.0 Å². The predicted octanol–water partition coefficient (Wildman–Crippen LogP) is 3.40. The van der Waals surface area contributed by atoms with Crippen molar-refractivity contribution in [2.24, 2.45) is 0 Å². The molecule has 0 saturated heterocycles. The van der Waals surface area contributed by atoms with Gasteiger partial charge in [-0.3, -0.25) is 4.79 Å². The molecule has 70 valence electrons. The average molecular weight is 176 g/mol. The topological polar surface area (TPSA) is 17.1 Å². The highest BCUT2D eigenvalue weighted by molar-refractivity contribution is 5.75. The summed E-state index contributed by atoms with van der Waals surface area (Å²) < 4.78 is 0. The molecule has 0 bridgehead atoms. The summed E-state index contributed by atoms with van der Waals surface area (Å²) in [6.45, 7) is 4.36. The molecule has 0 aliphatic carbocycles. The third-order valence-electron chi connectivity index (χ3n) is 2.50. The second kappa shape index (κ2) is 4.80. The molecule has 1 aromatic carbocycles. The van der Waals surface area contributed by atoms with E-state index in [0.29, 0.717) is 5.92 Å². The van der Waals surface area contributed by atoms with Gasteiger partial charge in [-0.2, -0.15) is 0 Å². The van der Waals surface area contributed by atoms with Crippen LogP contribution in [0.25, 0.3) is 0 Å². The van der Waals surface area contributed by atoms with E-state index in [4.69, 9.17) is 0 Å². The maximum atomic E-state index is 10.6. The second-order valence-corrected chi connectivity index (χ2v) is 3.30. The first-order valence-electron chi connectivity index (χ1n) is 4.87. The maximum Gasteiger partial charge on any atom is 0.150 e. The number of hydrogen-bond donors (Lipinski definition) is 0. The summed E-state index contributed by atoms with van der Waals surface area (Å²) >= 11 is 0. The molecule has 13 heavy (non-hydrogen) atoms. The van der Waals surface area contributed by atoms with Gasteiger partial charge in [0.2, 0.25) is 0 Å². The lowest BCUT2D eigenvalue weighted by Gasteiger charge is -2.12. The van der Waals surface area contributed by atoms with Crippen molar-refractivity contribution in [3.63, 3.8) is 0 Å². The number of rotatable bonds is 4. The number of carbonyl (C=O) groups excluding carboxylic acids is 1. The van der Waals surface area contributed by atoms with Crippen molar-refractivity contribution in [3.8, 4) is 0 Å². The van der Waals surface area contributed by atoms with E-state index in [9.17, 15) is 4.79 Å². The van der Waals surface area contributed by atoms with Crippen LogP contribution in [0.1, 0.15) is 48.5 Å². The number of benzene rings is 1. The fraction of sp³-hybridized carbons (Fsp3) is 0.417. The van der Waals surface area contributed by atoms with Crippen LogP contribution >= 0.6 is 0 Å². The number of aldehydes is 1. The standard InChI is InChI=1S/C12H16O/c1-3-11(4-2)12-7-5-6-10(8-12)9-13/h5-9,11H,3-4H2,1-2H3. The third kappa shape index (κ3) is 2.41. The van der Waals surface area contributed by atoms with Gasteiger partial charge in [-0.05, 0) is 30.4 Å². The van der Waals surface area contributed by atoms with Crippen LogP contribution in [0.2, 0.25) is 0 Å². The first-order chi connectivity index (χ1) is 6.31. The van der Waals surface area contributed by atoms with Crippen molar-refractivity contribution in [1.82, 2.24) is 0 Å². The van der Waals surface area contributed by atoms with E-state index in [0.717, 1.165) is 24.7 Å². The zero-order valence-electron chi connectivity index (χ0n) is 8.29. The SMILES string of the molecule is CCC(CC)c1cccc(C=O)c1. The minimum absolute atomic E-state index is 0.597. The van der Waals surface area contributed by atoms with Crippen LogP contribution < -0.4 is 0 Å². The van der Waals surface area contributed by atoms with Crippen molar-refractivity contribution >= 4 is 6.29 Å². The molecule has 0 aliphatic heterocycles. The van der Waals surface area contributed by atoms with E-state index in [2.05, 4.69) is 19.9 Å². The molecule has 0 radical (unpaired) electrons. The lowest BCUT2D eigenvalue weighted by molar-refractivity contribution is 0.112. The van der Waals surface area contributed by atoms with Crippen LogP contribution in [-0.4, -0.2) is 6.29 Å². The Hall–Kier alpha value is -1.11. The van der Waals surface area contributed by atoms with Gasteiger partial charge in [-0.15, -0.1) is 0 Å². The Morgan fingerprint density at radius 1 is 1.31 bits per heavy atom. The molecule has 1 aromatic rings. The van der Waals surface area contributed by atoms with E-state index in [-0.39, 0.29) is 0 Å². The highest BCUT2D eigenvalue weighted by atomic mass is 16.1. The summed E-state index contributed by atoms with van der Waals surface area (Å²) in [6, 6.07) is 7.89. The van der Waals surface area contributed by atoms with Crippen LogP contribution in [0.3, 0.4) is 0 Å². The Labute approximate surface area is 79.8 Å². The molecule has 0 fully saturated rings. The van der Waals surface area contributed by atoms with Gasteiger partial charge in [0.25, 0.3) is 0 Å². The largest absolute Gasteiger partial charge is 0.298 e. The Bertz CT molecular complexity index is 274. The molecule has 1 rings (SSSR count). The molecule has 0 spiro atoms. The molecule has 0 unspecified atom stereocenters. The summed E-state index contributed by atoms with van der Waals surface area (Å²) in [6.07, 6.45) is 3.18. The van der Waals surface area contributed by atoms with E-state index in [1.54, 1.807) is 0 Å². The fourth-order valence-electron chi connectivity index (χ4n) is 1.65. The van der Waals surface area contributed by atoms with Crippen molar-refractivity contribution in [2.45, 2.75) is 32.6 Å². The zero-order chi connectivity index (χ0) is 9.68. The Morgan fingerprint density at radius 2 is 2.00 bits per heavy atom. The summed E-state index contributed by atoms with van der Waals surface area (Å²) in [5.41, 5.74) is 2.07. The third-order valence-corrected chi connectivity index (χ3v) is 2.50. The quantitative estimate of drug-likeness (QED) is 0.642. The van der Waals surface area contributed by atoms with Crippen LogP contribution in [-0.2, 0) is 0 Å². The average Bonchev–Trinajstić information content (AvgIpc) is 2.20. The molecule has 0 N–H and O–H groups in total. The van der Waals surface area contributed by atoms with Gasteiger partial charge in [-0.25, -0.2) is 0 Å². The minimum Gasteiger partial charge on any atom is -0.298 e. The highest BCUT2D eigenvalue weighted by Crippen LogP contribution is 2.22. The van der Waals surface area contributed by atoms with Crippen LogP contribution in [0, 0.1) is 0 Å². The summed E-state index contributed by atoms with van der Waals surface area (Å²) in [4.78, 5) is 10.6. The van der Waals surface area contributed by atoms with Crippen molar-refractivity contribution in [2.75, 3.05) is 0 Å². The molecular weight excluding hydrogens is 160 g/mol. The molecule has 0 aliphatic rings. The number of hydrogen-bond acceptors (Lipinski definition) is 1. The van der Waals surface area contributed by atoms with Gasteiger partial charge in [0, 0.05) is 5.56 Å². The Morgan fingerprint density at radius 3 is 2.54 bits per heavy atom. The lowest BCUT2D eigenvalue weighted by atomic mass is 9.93. The Kier molecular flexibility index (Phi) is 3.69. The zero-order valence-corrected chi connectivity index (χ0v) is 8.29. The highest BCUT2D eigenvalue weighted by Gasteiger charge is 2.06. The molecule has 0 amide bonds. The molecule has 0 atom stereocenters. The molecular formula is C12H16O. The van der Waals surface area contributed by atoms with Crippen molar-refractivity contribution in [1.29, 1.82) is 0 Å². The minimum atomic E-state index is 0.597. The lowest BCUT2D eigenvalue weighted by Crippen LogP contribution is -1.95. The van der Waals surface area contributed by atoms with E-state index < -0.39 is 0 Å². The first kappa shape index (κ1) is 9.97. The van der Waals surface area contributed by atoms with E-state index in [1.165, 1.54) is 5.56 Å². The normalized spacial score (nSPS) is 10.4. The van der Waals surface area contributed by atoms with Crippen LogP contribution in [0.5, 0.6) is 0 Å². The van der Waals surface area contributed by atoms with E-state index in [1.807, 2.05) is 18.2 Å². The number of carbonyl (C=O) groups is 1. The van der Waals surface area contributed by atoms with E-state index >= 15 is 0 Å². The van der Waals surface area contributed by atoms with Crippen molar-refractivity contribution in [3.05, 3.63) is 35.4 Å². The van der Waals surface area contributed by atoms with Gasteiger partial charge in [0.15, 0.2) is 0 Å². The summed E-state index contributed by atoms with van der Waals surface area (Å²) in [7, 11) is 0.